The van der Waals surface area contributed by atoms with Gasteiger partial charge in [-0.25, -0.2) is 0 Å². The predicted molar refractivity (Wildman–Crippen MR) is 31.1 cm³/mol. The van der Waals surface area contributed by atoms with Crippen LogP contribution in [0, 0.1) is 0 Å². The fourth-order valence-corrected chi connectivity index (χ4v) is 0.282. The molecule has 0 heterocycles. The van der Waals surface area contributed by atoms with Crippen molar-refractivity contribution in [2.45, 2.75) is 26.6 Å². The third kappa shape index (κ3) is 5.88. The van der Waals surface area contributed by atoms with Gasteiger partial charge >= 0.3 is 0 Å². The molecule has 0 amide bonds. The van der Waals surface area contributed by atoms with Crippen LogP contribution in [0.2, 0.25) is 0 Å². The standard InChI is InChI=1S/C5H13NO2/c1-3-4-6-8-5(2)7/h5-7H,3-4H2,1-2H3. The fraction of sp³-hybridized carbons (Fsp3) is 1.00. The van der Waals surface area contributed by atoms with E-state index in [-0.39, 0.29) is 0 Å². The number of aliphatic hydroxyl groups excluding tert-OH is 1. The maximum atomic E-state index is 8.49. The van der Waals surface area contributed by atoms with Crippen molar-refractivity contribution in [3.05, 3.63) is 0 Å². The van der Waals surface area contributed by atoms with Gasteiger partial charge in [0.1, 0.15) is 0 Å². The van der Waals surface area contributed by atoms with Crippen LogP contribution < -0.4 is 5.48 Å². The summed E-state index contributed by atoms with van der Waals surface area (Å²) in [5.41, 5.74) is 2.58. The first-order valence-electron chi connectivity index (χ1n) is 2.84. The summed E-state index contributed by atoms with van der Waals surface area (Å²) in [6.07, 6.45) is 0.300. The second-order valence-electron chi connectivity index (χ2n) is 1.61. The molecule has 1 atom stereocenters. The lowest BCUT2D eigenvalue weighted by Gasteiger charge is -2.04. The van der Waals surface area contributed by atoms with Gasteiger partial charge in [-0.2, -0.15) is 5.48 Å². The number of rotatable bonds is 4. The van der Waals surface area contributed by atoms with Crippen LogP contribution in [-0.4, -0.2) is 17.9 Å². The van der Waals surface area contributed by atoms with Gasteiger partial charge in [-0.3, -0.25) is 4.84 Å². The molecule has 0 rings (SSSR count). The lowest BCUT2D eigenvalue weighted by atomic mass is 10.5. The molecule has 2 N–H and O–H groups in total. The van der Waals surface area contributed by atoms with Crippen molar-refractivity contribution in [3.8, 4) is 0 Å². The van der Waals surface area contributed by atoms with Crippen molar-refractivity contribution in [1.29, 1.82) is 0 Å². The Bertz CT molecular complexity index is 47.7. The highest BCUT2D eigenvalue weighted by Crippen LogP contribution is 1.77. The van der Waals surface area contributed by atoms with E-state index in [1.54, 1.807) is 6.92 Å². The summed E-state index contributed by atoms with van der Waals surface area (Å²) in [5, 5.41) is 8.49. The topological polar surface area (TPSA) is 41.5 Å². The van der Waals surface area contributed by atoms with E-state index in [9.17, 15) is 0 Å². The molecule has 0 fully saturated rings. The Morgan fingerprint density at radius 3 is 2.75 bits per heavy atom. The van der Waals surface area contributed by atoms with Crippen molar-refractivity contribution in [3.63, 3.8) is 0 Å². The van der Waals surface area contributed by atoms with Gasteiger partial charge in [0.2, 0.25) is 0 Å². The molecule has 0 radical (unpaired) electrons. The van der Waals surface area contributed by atoms with Gasteiger partial charge in [0, 0.05) is 6.54 Å². The highest BCUT2D eigenvalue weighted by Gasteiger charge is 1.89. The van der Waals surface area contributed by atoms with Gasteiger partial charge in [0.25, 0.3) is 0 Å². The number of aliphatic hydroxyl groups is 1. The Hall–Kier alpha value is -0.120. The third-order valence-electron chi connectivity index (χ3n) is 0.606. The average molecular weight is 119 g/mol. The van der Waals surface area contributed by atoms with Gasteiger partial charge in [-0.1, -0.05) is 6.92 Å². The Kier molecular flexibility index (Phi) is 4.95. The molecule has 3 heteroatoms. The zero-order valence-corrected chi connectivity index (χ0v) is 5.35. The zero-order valence-electron chi connectivity index (χ0n) is 5.35. The summed E-state index contributed by atoms with van der Waals surface area (Å²) in [6, 6.07) is 0. The van der Waals surface area contributed by atoms with E-state index in [4.69, 9.17) is 5.11 Å². The molecule has 0 spiro atoms. The predicted octanol–water partition coefficient (Wildman–Crippen LogP) is 0.256. The monoisotopic (exact) mass is 119 g/mol. The molecule has 0 aliphatic carbocycles. The van der Waals surface area contributed by atoms with Crippen LogP contribution in [0.4, 0.5) is 0 Å². The molecule has 3 nitrogen and oxygen atoms in total. The number of hydroxylamine groups is 1. The Balaban J connectivity index is 2.72. The van der Waals surface area contributed by atoms with E-state index < -0.39 is 6.29 Å². The van der Waals surface area contributed by atoms with E-state index in [1.807, 2.05) is 6.92 Å². The number of hydrogen-bond acceptors (Lipinski definition) is 3. The van der Waals surface area contributed by atoms with Gasteiger partial charge in [0.05, 0.1) is 0 Å². The highest BCUT2D eigenvalue weighted by atomic mass is 16.7. The van der Waals surface area contributed by atoms with E-state index in [0.717, 1.165) is 13.0 Å². The molecule has 0 aromatic carbocycles. The summed E-state index contributed by atoms with van der Waals surface area (Å²) in [5.74, 6) is 0. The molecule has 0 saturated carbocycles. The van der Waals surface area contributed by atoms with Crippen molar-refractivity contribution >= 4 is 0 Å². The summed E-state index contributed by atoms with van der Waals surface area (Å²) >= 11 is 0. The molecule has 0 aliphatic heterocycles. The van der Waals surface area contributed by atoms with E-state index in [0.29, 0.717) is 0 Å². The Morgan fingerprint density at radius 2 is 2.38 bits per heavy atom. The number of hydrogen-bond donors (Lipinski definition) is 2. The first-order chi connectivity index (χ1) is 3.77. The second kappa shape index (κ2) is 5.03. The minimum absolute atomic E-state index is 0.707. The van der Waals surface area contributed by atoms with Crippen molar-refractivity contribution in [2.24, 2.45) is 0 Å². The van der Waals surface area contributed by atoms with Gasteiger partial charge in [0.15, 0.2) is 6.29 Å². The van der Waals surface area contributed by atoms with Crippen LogP contribution in [0.1, 0.15) is 20.3 Å². The summed E-state index contributed by atoms with van der Waals surface area (Å²) in [4.78, 5) is 4.59. The summed E-state index contributed by atoms with van der Waals surface area (Å²) in [7, 11) is 0. The first kappa shape index (κ1) is 7.88. The van der Waals surface area contributed by atoms with Crippen molar-refractivity contribution in [1.82, 2.24) is 5.48 Å². The van der Waals surface area contributed by atoms with E-state index >= 15 is 0 Å². The molecule has 50 valence electrons. The minimum Gasteiger partial charge on any atom is -0.367 e. The Labute approximate surface area is 49.6 Å². The summed E-state index contributed by atoms with van der Waals surface area (Å²) in [6.45, 7) is 4.37. The Morgan fingerprint density at radius 1 is 1.75 bits per heavy atom. The maximum absolute atomic E-state index is 8.49. The lowest BCUT2D eigenvalue weighted by Crippen LogP contribution is -2.21. The van der Waals surface area contributed by atoms with Crippen LogP contribution in [-0.2, 0) is 4.84 Å². The smallest absolute Gasteiger partial charge is 0.171 e. The molecule has 0 saturated heterocycles. The van der Waals surface area contributed by atoms with Gasteiger partial charge in [-0.15, -0.1) is 0 Å². The average Bonchev–Trinajstić information content (AvgIpc) is 1.66. The molecular weight excluding hydrogens is 106 g/mol. The zero-order chi connectivity index (χ0) is 6.41. The van der Waals surface area contributed by atoms with Crippen LogP contribution >= 0.6 is 0 Å². The third-order valence-corrected chi connectivity index (χ3v) is 0.606. The molecule has 0 aromatic rings. The molecular formula is C5H13NO2. The largest absolute Gasteiger partial charge is 0.367 e. The minimum atomic E-state index is -0.707. The normalized spacial score (nSPS) is 13.9. The van der Waals surface area contributed by atoms with Crippen LogP contribution in [0.15, 0.2) is 0 Å². The lowest BCUT2D eigenvalue weighted by molar-refractivity contribution is -0.134. The maximum Gasteiger partial charge on any atom is 0.171 e. The van der Waals surface area contributed by atoms with Gasteiger partial charge in [-0.05, 0) is 13.3 Å². The molecule has 0 aliphatic rings. The molecule has 8 heavy (non-hydrogen) atoms. The van der Waals surface area contributed by atoms with E-state index in [2.05, 4.69) is 10.3 Å². The molecule has 0 aromatic heterocycles. The quantitative estimate of drug-likeness (QED) is 0.317. The summed E-state index contributed by atoms with van der Waals surface area (Å²) < 4.78 is 0. The highest BCUT2D eigenvalue weighted by molar-refractivity contribution is 4.27. The SMILES string of the molecule is CCCNOC(C)O. The van der Waals surface area contributed by atoms with Crippen molar-refractivity contribution in [2.75, 3.05) is 6.54 Å². The van der Waals surface area contributed by atoms with E-state index in [1.165, 1.54) is 0 Å². The van der Waals surface area contributed by atoms with Crippen LogP contribution in [0.25, 0.3) is 0 Å². The first-order valence-corrected chi connectivity index (χ1v) is 2.84. The fourth-order valence-electron chi connectivity index (χ4n) is 0.282. The molecule has 0 bridgehead atoms. The van der Waals surface area contributed by atoms with Gasteiger partial charge < -0.3 is 5.11 Å². The van der Waals surface area contributed by atoms with Crippen LogP contribution in [0.5, 0.6) is 0 Å². The van der Waals surface area contributed by atoms with Crippen molar-refractivity contribution < 1.29 is 9.94 Å². The second-order valence-corrected chi connectivity index (χ2v) is 1.61. The van der Waals surface area contributed by atoms with Crippen LogP contribution in [0.3, 0.4) is 0 Å². The molecule has 1 unspecified atom stereocenters. The number of nitrogens with one attached hydrogen (secondary N) is 1.